The van der Waals surface area contributed by atoms with Gasteiger partial charge in [-0.25, -0.2) is 4.98 Å². The molecule has 0 aromatic carbocycles. The topological polar surface area (TPSA) is 38.9 Å². The van der Waals surface area contributed by atoms with Gasteiger partial charge in [0.25, 0.3) is 0 Å². The fourth-order valence-electron chi connectivity index (χ4n) is 2.19. The van der Waals surface area contributed by atoms with Crippen molar-refractivity contribution in [2.45, 2.75) is 19.9 Å². The highest BCUT2D eigenvalue weighted by Crippen LogP contribution is 2.19. The maximum absolute atomic E-state index is 5.86. The van der Waals surface area contributed by atoms with E-state index < -0.39 is 0 Å². The third-order valence-corrected chi connectivity index (χ3v) is 3.25. The van der Waals surface area contributed by atoms with Crippen molar-refractivity contribution in [3.63, 3.8) is 0 Å². The summed E-state index contributed by atoms with van der Waals surface area (Å²) in [6.07, 6.45) is 0.795. The van der Waals surface area contributed by atoms with Crippen molar-refractivity contribution >= 4 is 22.8 Å². The van der Waals surface area contributed by atoms with Crippen LogP contribution < -0.4 is 0 Å². The van der Waals surface area contributed by atoms with Gasteiger partial charge in [-0.2, -0.15) is 5.10 Å². The highest BCUT2D eigenvalue weighted by Gasteiger charge is 2.16. The third kappa shape index (κ3) is 2.37. The molecule has 2 aromatic rings. The quantitative estimate of drug-likeness (QED) is 0.771. The lowest BCUT2D eigenvalue weighted by Crippen LogP contribution is -2.20. The lowest BCUT2D eigenvalue weighted by atomic mass is 10.4. The van der Waals surface area contributed by atoms with Crippen molar-refractivity contribution in [3.8, 4) is 0 Å². The molecule has 0 atom stereocenters. The SMILES string of the molecule is Cc1nn(C)c2c1nc(CCCl)n2CCN(C)C. The average molecular weight is 270 g/mol. The highest BCUT2D eigenvalue weighted by atomic mass is 35.5. The Hall–Kier alpha value is -1.07. The second kappa shape index (κ2) is 5.28. The lowest BCUT2D eigenvalue weighted by molar-refractivity contribution is 0.382. The van der Waals surface area contributed by atoms with E-state index in [-0.39, 0.29) is 0 Å². The smallest absolute Gasteiger partial charge is 0.158 e. The minimum Gasteiger partial charge on any atom is -0.312 e. The summed E-state index contributed by atoms with van der Waals surface area (Å²) >= 11 is 5.86. The molecule has 0 bridgehead atoms. The first-order chi connectivity index (χ1) is 8.54. The number of aromatic nitrogens is 4. The molecule has 2 rings (SSSR count). The number of alkyl halides is 1. The van der Waals surface area contributed by atoms with Crippen LogP contribution in [0.25, 0.3) is 11.2 Å². The molecule has 18 heavy (non-hydrogen) atoms. The molecular formula is C12H20ClN5. The van der Waals surface area contributed by atoms with Gasteiger partial charge in [0.2, 0.25) is 0 Å². The molecule has 0 aliphatic carbocycles. The van der Waals surface area contributed by atoms with Crippen LogP contribution in [0.15, 0.2) is 0 Å². The molecule has 0 unspecified atom stereocenters. The zero-order valence-electron chi connectivity index (χ0n) is 11.4. The van der Waals surface area contributed by atoms with Crippen LogP contribution in [0.5, 0.6) is 0 Å². The average Bonchev–Trinajstić information content (AvgIpc) is 2.77. The first-order valence-electron chi connectivity index (χ1n) is 6.14. The number of halogens is 1. The largest absolute Gasteiger partial charge is 0.312 e. The molecule has 100 valence electrons. The summed E-state index contributed by atoms with van der Waals surface area (Å²) in [6.45, 7) is 3.88. The minimum absolute atomic E-state index is 0.595. The Balaban J connectivity index is 2.47. The standard InChI is InChI=1S/C12H20ClN5/c1-9-11-12(17(4)15-9)18(8-7-16(2)3)10(14-11)5-6-13/h5-8H2,1-4H3. The van der Waals surface area contributed by atoms with Gasteiger partial charge in [-0.1, -0.05) is 0 Å². The molecule has 0 amide bonds. The Morgan fingerprint density at radius 1 is 1.33 bits per heavy atom. The molecule has 0 N–H and O–H groups in total. The van der Waals surface area contributed by atoms with Crippen LogP contribution in [0, 0.1) is 6.92 Å². The number of aryl methyl sites for hydroxylation is 3. The van der Waals surface area contributed by atoms with Gasteiger partial charge in [-0.05, 0) is 21.0 Å². The number of imidazole rings is 1. The summed E-state index contributed by atoms with van der Waals surface area (Å²) in [6, 6.07) is 0. The summed E-state index contributed by atoms with van der Waals surface area (Å²) < 4.78 is 4.14. The molecule has 5 nitrogen and oxygen atoms in total. The molecule has 6 heteroatoms. The van der Waals surface area contributed by atoms with Crippen LogP contribution in [0.4, 0.5) is 0 Å². The van der Waals surface area contributed by atoms with Crippen LogP contribution in [-0.4, -0.2) is 50.8 Å². The maximum atomic E-state index is 5.86. The summed E-state index contributed by atoms with van der Waals surface area (Å²) in [7, 11) is 6.11. The fourth-order valence-corrected chi connectivity index (χ4v) is 2.36. The first-order valence-corrected chi connectivity index (χ1v) is 6.67. The van der Waals surface area contributed by atoms with Crippen molar-refractivity contribution in [1.82, 2.24) is 24.2 Å². The molecule has 0 saturated heterocycles. The van der Waals surface area contributed by atoms with Crippen LogP contribution in [-0.2, 0) is 20.0 Å². The Morgan fingerprint density at radius 2 is 2.06 bits per heavy atom. The van der Waals surface area contributed by atoms with Gasteiger partial charge in [-0.15, -0.1) is 11.6 Å². The van der Waals surface area contributed by atoms with Crippen molar-refractivity contribution in [2.24, 2.45) is 7.05 Å². The van der Waals surface area contributed by atoms with E-state index in [1.54, 1.807) is 0 Å². The second-order valence-electron chi connectivity index (χ2n) is 4.80. The molecule has 0 spiro atoms. The van der Waals surface area contributed by atoms with E-state index in [9.17, 15) is 0 Å². The van der Waals surface area contributed by atoms with Gasteiger partial charge in [0.15, 0.2) is 5.65 Å². The zero-order chi connectivity index (χ0) is 13.3. The normalized spacial score (nSPS) is 11.9. The van der Waals surface area contributed by atoms with Gasteiger partial charge in [0.1, 0.15) is 11.3 Å². The predicted molar refractivity (Wildman–Crippen MR) is 74.2 cm³/mol. The molecule has 0 saturated carbocycles. The van der Waals surface area contributed by atoms with E-state index in [4.69, 9.17) is 11.6 Å². The van der Waals surface area contributed by atoms with Crippen molar-refractivity contribution in [1.29, 1.82) is 0 Å². The van der Waals surface area contributed by atoms with E-state index in [1.807, 2.05) is 18.7 Å². The van der Waals surface area contributed by atoms with Gasteiger partial charge in [0, 0.05) is 32.4 Å². The van der Waals surface area contributed by atoms with Crippen LogP contribution in [0.1, 0.15) is 11.5 Å². The third-order valence-electron chi connectivity index (χ3n) is 3.06. The van der Waals surface area contributed by atoms with Gasteiger partial charge in [0.05, 0.1) is 5.69 Å². The number of rotatable bonds is 5. The second-order valence-corrected chi connectivity index (χ2v) is 5.18. The van der Waals surface area contributed by atoms with Crippen molar-refractivity contribution in [2.75, 3.05) is 26.5 Å². The lowest BCUT2D eigenvalue weighted by Gasteiger charge is -2.13. The fraction of sp³-hybridized carbons (Fsp3) is 0.667. The van der Waals surface area contributed by atoms with E-state index in [0.717, 1.165) is 42.2 Å². The summed E-state index contributed by atoms with van der Waals surface area (Å²) in [4.78, 5) is 6.84. The number of nitrogens with zero attached hydrogens (tertiary/aromatic N) is 5. The van der Waals surface area contributed by atoms with Gasteiger partial charge < -0.3 is 9.47 Å². The van der Waals surface area contributed by atoms with E-state index >= 15 is 0 Å². The Morgan fingerprint density at radius 3 is 2.67 bits per heavy atom. The van der Waals surface area contributed by atoms with E-state index in [2.05, 4.69) is 33.6 Å². The summed E-state index contributed by atoms with van der Waals surface area (Å²) in [5.74, 6) is 1.65. The summed E-state index contributed by atoms with van der Waals surface area (Å²) in [5, 5.41) is 4.43. The zero-order valence-corrected chi connectivity index (χ0v) is 12.2. The van der Waals surface area contributed by atoms with Crippen LogP contribution in [0.2, 0.25) is 0 Å². The molecule has 0 aliphatic heterocycles. The van der Waals surface area contributed by atoms with Crippen LogP contribution >= 0.6 is 11.6 Å². The number of likely N-dealkylation sites (N-methyl/N-ethyl adjacent to an activating group) is 1. The molecule has 2 heterocycles. The highest BCUT2D eigenvalue weighted by molar-refractivity contribution is 6.17. The monoisotopic (exact) mass is 269 g/mol. The maximum Gasteiger partial charge on any atom is 0.158 e. The molecular weight excluding hydrogens is 250 g/mol. The number of fused-ring (bicyclic) bond motifs is 1. The van der Waals surface area contributed by atoms with Gasteiger partial charge >= 0.3 is 0 Å². The van der Waals surface area contributed by atoms with E-state index in [1.165, 1.54) is 0 Å². The molecule has 0 radical (unpaired) electrons. The molecule has 0 aliphatic rings. The van der Waals surface area contributed by atoms with Crippen molar-refractivity contribution in [3.05, 3.63) is 11.5 Å². The number of hydrogen-bond acceptors (Lipinski definition) is 3. The first kappa shape index (κ1) is 13.4. The van der Waals surface area contributed by atoms with Crippen molar-refractivity contribution < 1.29 is 0 Å². The Bertz CT molecular complexity index is 540. The predicted octanol–water partition coefficient (Wildman–Crippen LogP) is 1.42. The summed E-state index contributed by atoms with van der Waals surface area (Å²) in [5.41, 5.74) is 3.07. The minimum atomic E-state index is 0.595. The number of hydrogen-bond donors (Lipinski definition) is 0. The molecule has 0 fully saturated rings. The molecule has 2 aromatic heterocycles. The van der Waals surface area contributed by atoms with E-state index in [0.29, 0.717) is 5.88 Å². The Labute approximate surface area is 112 Å². The Kier molecular flexibility index (Phi) is 3.92. The van der Waals surface area contributed by atoms with Gasteiger partial charge in [-0.3, -0.25) is 4.68 Å². The van der Waals surface area contributed by atoms with Crippen LogP contribution in [0.3, 0.4) is 0 Å².